The fourth-order valence-corrected chi connectivity index (χ4v) is 4.06. The number of aromatic amines is 1. The fourth-order valence-electron chi connectivity index (χ4n) is 4.06. The highest BCUT2D eigenvalue weighted by Crippen LogP contribution is 2.28. The number of nitrogens with zero attached hydrogens (tertiary/aromatic N) is 1. The molecule has 1 aromatic carbocycles. The number of benzene rings is 1. The van der Waals surface area contributed by atoms with Gasteiger partial charge in [0.1, 0.15) is 5.69 Å². The Labute approximate surface area is 150 Å². The summed E-state index contributed by atoms with van der Waals surface area (Å²) in [6.07, 6.45) is 0.988. The molecular weight excluding hydrogens is 312 g/mol. The third-order valence-electron chi connectivity index (χ3n) is 5.80. The Kier molecular flexibility index (Phi) is 4.89. The second-order valence-electron chi connectivity index (χ2n) is 7.62. The molecule has 1 aliphatic rings. The van der Waals surface area contributed by atoms with E-state index >= 15 is 0 Å². The molecule has 0 spiro atoms. The Morgan fingerprint density at radius 3 is 2.28 bits per heavy atom. The third-order valence-corrected chi connectivity index (χ3v) is 5.80. The Hall–Kier alpha value is -1.85. The maximum Gasteiger partial charge on any atom is 0.270 e. The topological polar surface area (TPSA) is 60.2 Å². The molecule has 2 atom stereocenters. The lowest BCUT2D eigenvalue weighted by molar-refractivity contribution is 0.0779. The van der Waals surface area contributed by atoms with Gasteiger partial charge < -0.3 is 9.88 Å². The lowest BCUT2D eigenvalue weighted by Crippen LogP contribution is -2.33. The summed E-state index contributed by atoms with van der Waals surface area (Å²) in [7, 11) is 1.90. The summed E-state index contributed by atoms with van der Waals surface area (Å²) in [5.74, 6) is 0.607. The van der Waals surface area contributed by atoms with Crippen molar-refractivity contribution in [3.8, 4) is 0 Å². The van der Waals surface area contributed by atoms with Crippen LogP contribution in [0.1, 0.15) is 47.4 Å². The molecule has 2 aromatic rings. The number of aromatic nitrogens is 1. The number of hydrogen-bond acceptors (Lipinski definition) is 3. The lowest BCUT2D eigenvalue weighted by atomic mass is 9.93. The first-order valence-corrected chi connectivity index (χ1v) is 9.16. The van der Waals surface area contributed by atoms with Crippen molar-refractivity contribution in [1.82, 2.24) is 20.7 Å². The van der Waals surface area contributed by atoms with Gasteiger partial charge in [-0.05, 0) is 63.6 Å². The van der Waals surface area contributed by atoms with Gasteiger partial charge in [-0.3, -0.25) is 15.6 Å². The van der Waals surface area contributed by atoms with E-state index < -0.39 is 0 Å². The zero-order valence-corrected chi connectivity index (χ0v) is 16.2. The average Bonchev–Trinajstić information content (AvgIpc) is 3.09. The minimum atomic E-state index is 0.0757. The third kappa shape index (κ3) is 3.18. The van der Waals surface area contributed by atoms with Crippen molar-refractivity contribution in [3.05, 3.63) is 34.5 Å². The summed E-state index contributed by atoms with van der Waals surface area (Å²) in [6.45, 7) is 11.4. The number of aryl methyl sites for hydroxylation is 3. The van der Waals surface area contributed by atoms with Gasteiger partial charge in [-0.2, -0.15) is 0 Å². The van der Waals surface area contributed by atoms with Crippen LogP contribution >= 0.6 is 0 Å². The van der Waals surface area contributed by atoms with E-state index in [1.807, 2.05) is 18.9 Å². The van der Waals surface area contributed by atoms with Gasteiger partial charge in [0.05, 0.1) is 0 Å². The normalized spacial score (nSPS) is 23.4. The number of carbonyl (C=O) groups excluding carboxylic acids is 1. The molecule has 1 aromatic heterocycles. The summed E-state index contributed by atoms with van der Waals surface area (Å²) in [6, 6.07) is 5.09. The molecule has 1 fully saturated rings. The number of hydrogen-bond donors (Lipinski definition) is 3. The van der Waals surface area contributed by atoms with Crippen LogP contribution in [-0.2, 0) is 0 Å². The van der Waals surface area contributed by atoms with Crippen LogP contribution in [-0.4, -0.2) is 41.5 Å². The number of carbonyl (C=O) groups is 1. The zero-order valence-electron chi connectivity index (χ0n) is 16.2. The smallest absolute Gasteiger partial charge is 0.270 e. The lowest BCUT2D eigenvalue weighted by Gasteiger charge is -2.22. The van der Waals surface area contributed by atoms with Crippen LogP contribution in [0.5, 0.6) is 0 Å². The Morgan fingerprint density at radius 2 is 1.68 bits per heavy atom. The predicted molar refractivity (Wildman–Crippen MR) is 103 cm³/mol. The highest BCUT2D eigenvalue weighted by molar-refractivity contribution is 6.02. The molecule has 2 heterocycles. The van der Waals surface area contributed by atoms with E-state index in [1.165, 1.54) is 16.5 Å². The molecule has 3 rings (SSSR count). The van der Waals surface area contributed by atoms with Crippen LogP contribution in [0.4, 0.5) is 0 Å². The molecule has 1 aliphatic heterocycles. The molecule has 5 nitrogen and oxygen atoms in total. The highest BCUT2D eigenvalue weighted by atomic mass is 16.2. The van der Waals surface area contributed by atoms with Crippen molar-refractivity contribution in [2.75, 3.05) is 13.6 Å². The summed E-state index contributed by atoms with van der Waals surface area (Å²) in [5, 5.41) is 1.18. The number of hydrazine groups is 1. The molecule has 2 unspecified atom stereocenters. The first-order chi connectivity index (χ1) is 11.8. The molecule has 0 aliphatic carbocycles. The van der Waals surface area contributed by atoms with Crippen LogP contribution in [0.2, 0.25) is 0 Å². The van der Waals surface area contributed by atoms with Crippen LogP contribution in [0, 0.1) is 26.7 Å². The molecule has 0 saturated carbocycles. The van der Waals surface area contributed by atoms with E-state index in [4.69, 9.17) is 0 Å². The van der Waals surface area contributed by atoms with E-state index in [1.54, 1.807) is 0 Å². The van der Waals surface area contributed by atoms with Crippen LogP contribution < -0.4 is 10.9 Å². The molecule has 5 heteroatoms. The van der Waals surface area contributed by atoms with Crippen LogP contribution in [0.3, 0.4) is 0 Å². The molecule has 1 saturated heterocycles. The largest absolute Gasteiger partial charge is 0.350 e. The minimum absolute atomic E-state index is 0.0757. The van der Waals surface area contributed by atoms with E-state index in [0.29, 0.717) is 18.0 Å². The number of rotatable bonds is 4. The summed E-state index contributed by atoms with van der Waals surface area (Å²) in [4.78, 5) is 18.2. The predicted octanol–water partition coefficient (Wildman–Crippen LogP) is 3.06. The van der Waals surface area contributed by atoms with E-state index in [0.717, 1.165) is 29.7 Å². The molecule has 136 valence electrons. The Morgan fingerprint density at radius 1 is 1.08 bits per heavy atom. The van der Waals surface area contributed by atoms with Crippen molar-refractivity contribution in [2.45, 2.75) is 53.1 Å². The summed E-state index contributed by atoms with van der Waals surface area (Å²) < 4.78 is 0. The summed E-state index contributed by atoms with van der Waals surface area (Å²) >= 11 is 0. The van der Waals surface area contributed by atoms with Gasteiger partial charge >= 0.3 is 0 Å². The minimum Gasteiger partial charge on any atom is -0.350 e. The molecule has 3 N–H and O–H groups in total. The van der Waals surface area contributed by atoms with Gasteiger partial charge in [0.25, 0.3) is 5.91 Å². The van der Waals surface area contributed by atoms with Gasteiger partial charge in [0.2, 0.25) is 0 Å². The van der Waals surface area contributed by atoms with Crippen LogP contribution in [0.15, 0.2) is 12.1 Å². The van der Waals surface area contributed by atoms with Crippen molar-refractivity contribution in [2.24, 2.45) is 5.92 Å². The van der Waals surface area contributed by atoms with Crippen molar-refractivity contribution in [1.29, 1.82) is 0 Å². The van der Waals surface area contributed by atoms with Crippen molar-refractivity contribution < 1.29 is 4.79 Å². The average molecular weight is 342 g/mol. The number of nitrogens with one attached hydrogen (secondary N) is 3. The molecular formula is C20H30N4O. The second-order valence-corrected chi connectivity index (χ2v) is 7.62. The van der Waals surface area contributed by atoms with Gasteiger partial charge in [0, 0.05) is 36.6 Å². The Bertz CT molecular complexity index is 785. The first-order valence-electron chi connectivity index (χ1n) is 9.16. The van der Waals surface area contributed by atoms with Crippen LogP contribution in [0.25, 0.3) is 10.9 Å². The van der Waals surface area contributed by atoms with E-state index in [9.17, 15) is 4.79 Å². The van der Waals surface area contributed by atoms with E-state index in [-0.39, 0.29) is 5.91 Å². The highest BCUT2D eigenvalue weighted by Gasteiger charge is 2.30. The Balaban J connectivity index is 1.78. The maximum atomic E-state index is 13.0. The quantitative estimate of drug-likeness (QED) is 0.800. The SMILES string of the molecule is Cc1ccc(C)c2c(C)c(C(=O)N(C)CCC3C(C)NNC3C)[nH]c12. The van der Waals surface area contributed by atoms with Gasteiger partial charge in [0.15, 0.2) is 0 Å². The molecule has 0 bridgehead atoms. The number of H-pyrrole nitrogens is 1. The van der Waals surface area contributed by atoms with Gasteiger partial charge in [-0.1, -0.05) is 12.1 Å². The fraction of sp³-hybridized carbons (Fsp3) is 0.550. The maximum absolute atomic E-state index is 13.0. The van der Waals surface area contributed by atoms with E-state index in [2.05, 4.69) is 55.7 Å². The molecule has 1 amide bonds. The monoisotopic (exact) mass is 342 g/mol. The van der Waals surface area contributed by atoms with Crippen molar-refractivity contribution in [3.63, 3.8) is 0 Å². The summed E-state index contributed by atoms with van der Waals surface area (Å²) in [5.41, 5.74) is 11.8. The second kappa shape index (κ2) is 6.81. The number of fused-ring (bicyclic) bond motifs is 1. The van der Waals surface area contributed by atoms with Gasteiger partial charge in [-0.15, -0.1) is 0 Å². The number of amides is 1. The standard InChI is InChI=1S/C20H30N4O/c1-11-7-8-12(2)18-17(11)13(3)19(21-18)20(25)24(6)10-9-16-14(4)22-23-15(16)5/h7-8,14-16,21-23H,9-10H2,1-6H3. The molecule has 0 radical (unpaired) electrons. The van der Waals surface area contributed by atoms with Gasteiger partial charge in [-0.25, -0.2) is 0 Å². The zero-order chi connectivity index (χ0) is 18.3. The first kappa shape index (κ1) is 18.0. The molecule has 25 heavy (non-hydrogen) atoms. The van der Waals surface area contributed by atoms with Crippen molar-refractivity contribution >= 4 is 16.8 Å².